The second-order valence-corrected chi connectivity index (χ2v) is 22.5. The Bertz CT molecular complexity index is 3170. The van der Waals surface area contributed by atoms with E-state index in [1.54, 1.807) is 47.7 Å². The summed E-state index contributed by atoms with van der Waals surface area (Å²) in [6.07, 6.45) is -0.756. The third-order valence-corrected chi connectivity index (χ3v) is 15.6. The smallest absolute Gasteiger partial charge is 0.329 e. The van der Waals surface area contributed by atoms with Crippen LogP contribution in [0.3, 0.4) is 0 Å². The molecule has 3 saturated heterocycles. The number of β-amino-alcohol motifs (C(OH)–C–C–N with tert-alkyl or cyclic N) is 1. The molecule has 25 heteroatoms. The maximum atomic E-state index is 14.0. The number of para-hydroxylation sites is 2. The van der Waals surface area contributed by atoms with Crippen LogP contribution >= 0.6 is 11.3 Å². The number of rotatable bonds is 20. The maximum absolute atomic E-state index is 14.0. The van der Waals surface area contributed by atoms with Gasteiger partial charge in [-0.15, -0.1) is 31.7 Å². The number of piperazine rings is 2. The van der Waals surface area contributed by atoms with Gasteiger partial charge in [0.25, 0.3) is 0 Å². The summed E-state index contributed by atoms with van der Waals surface area (Å²) in [4.78, 5) is 66.5. The molecule has 0 radical (unpaired) electrons. The number of aryl methyl sites for hydroxylation is 1. The van der Waals surface area contributed by atoms with Gasteiger partial charge in [-0.2, -0.15) is 0 Å². The van der Waals surface area contributed by atoms with Crippen LogP contribution in [0.15, 0.2) is 90.4 Å². The quantitative estimate of drug-likeness (QED) is 0.0507. The molecule has 3 amide bonds. The second-order valence-electron chi connectivity index (χ2n) is 21.6. The summed E-state index contributed by atoms with van der Waals surface area (Å²) in [5, 5.41) is 61.7. The Balaban J connectivity index is 0.000000278. The molecule has 0 unspecified atom stereocenters. The van der Waals surface area contributed by atoms with Crippen LogP contribution in [0.4, 0.5) is 23.0 Å². The number of nitrogen functional groups attached to an aromatic ring is 2. The van der Waals surface area contributed by atoms with Crippen LogP contribution in [0.2, 0.25) is 0 Å². The number of aromatic hydroxyl groups is 2. The molecular weight excluding hydrogens is 1080 g/mol. The Morgan fingerprint density at radius 2 is 1.25 bits per heavy atom. The number of thiazole rings is 1. The molecular formula is C58H74N14O10S. The number of benzene rings is 3. The summed E-state index contributed by atoms with van der Waals surface area (Å²) in [6, 6.07) is 23.7. The van der Waals surface area contributed by atoms with E-state index in [2.05, 4.69) is 55.6 Å². The van der Waals surface area contributed by atoms with E-state index >= 15 is 0 Å². The van der Waals surface area contributed by atoms with Crippen molar-refractivity contribution in [3.63, 3.8) is 0 Å². The predicted octanol–water partition coefficient (Wildman–Crippen LogP) is 3.47. The van der Waals surface area contributed by atoms with Crippen molar-refractivity contribution >= 4 is 58.0 Å². The van der Waals surface area contributed by atoms with E-state index in [0.717, 1.165) is 72.3 Å². The van der Waals surface area contributed by atoms with E-state index in [4.69, 9.17) is 26.0 Å². The van der Waals surface area contributed by atoms with Crippen molar-refractivity contribution in [3.8, 4) is 44.5 Å². The number of carboxylic acids is 1. The van der Waals surface area contributed by atoms with Crippen molar-refractivity contribution in [1.29, 1.82) is 0 Å². The number of aliphatic carboxylic acids is 1. The number of nitrogens with two attached hydrogens (primary N) is 2. The number of likely N-dealkylation sites (tertiary alicyclic amines) is 1. The van der Waals surface area contributed by atoms with E-state index in [1.165, 1.54) is 4.90 Å². The number of phenols is 2. The summed E-state index contributed by atoms with van der Waals surface area (Å²) >= 11 is 1.57. The summed E-state index contributed by atoms with van der Waals surface area (Å²) in [7, 11) is 0. The van der Waals surface area contributed by atoms with Gasteiger partial charge >= 0.3 is 5.97 Å². The number of anilines is 4. The van der Waals surface area contributed by atoms with Crippen LogP contribution in [-0.4, -0.2) is 201 Å². The van der Waals surface area contributed by atoms with Crippen LogP contribution < -0.4 is 31.9 Å². The van der Waals surface area contributed by atoms with Gasteiger partial charge in [-0.25, -0.2) is 9.78 Å². The molecule has 0 aliphatic carbocycles. The zero-order valence-corrected chi connectivity index (χ0v) is 48.0. The number of carboxylic acid groups (broad SMARTS) is 1. The fourth-order valence-corrected chi connectivity index (χ4v) is 10.9. The average molecular weight is 1160 g/mol. The van der Waals surface area contributed by atoms with E-state index in [-0.39, 0.29) is 50.1 Å². The average Bonchev–Trinajstić information content (AvgIpc) is 4.31. The molecule has 6 heterocycles. The van der Waals surface area contributed by atoms with Gasteiger partial charge in [-0.3, -0.25) is 24.2 Å². The first-order valence-electron chi connectivity index (χ1n) is 27.5. The highest BCUT2D eigenvalue weighted by Gasteiger charge is 2.44. The van der Waals surface area contributed by atoms with Gasteiger partial charge in [-0.05, 0) is 59.9 Å². The molecule has 3 atom stereocenters. The first-order valence-corrected chi connectivity index (χ1v) is 28.4. The lowest BCUT2D eigenvalue weighted by Crippen LogP contribution is -2.58. The Kier molecular flexibility index (Phi) is 20.8. The zero-order valence-electron chi connectivity index (χ0n) is 47.2. The number of hydrogen-bond donors (Lipinski definition) is 8. The lowest BCUT2D eigenvalue weighted by Gasteiger charge is -2.36. The van der Waals surface area contributed by atoms with Crippen LogP contribution in [0.5, 0.6) is 11.5 Å². The van der Waals surface area contributed by atoms with Crippen molar-refractivity contribution in [2.75, 3.05) is 120 Å². The van der Waals surface area contributed by atoms with Gasteiger partial charge in [0.05, 0.1) is 58.2 Å². The topological polar surface area (TPSA) is 324 Å². The molecule has 9 rings (SSSR count). The standard InChI is InChI=1S/C40H51N9O6S.C18H23N5O4/c1-25-35(56-24-43-25)27-11-9-26(10-12-27)21-42-38(53)32-19-28(50)22-49(32)39(54)36(40(2,3)4)44-34(52)23-55-18-17-47-13-15-48(16-14-47)31-20-30(45-46-37(31)41)29-7-5-6-8-33(29)51;19-18-15(11-14(20-21-18)13-3-1-2-4-16(13)24)23-7-5-22(6-8-23)9-10-27-12-17(25)26/h5-12,20,24,28,32,36,50-51H,13-19,21-23H2,1-4H3,(H2,41,46)(H,42,53)(H,44,52);1-4,11,24H,5-10,12H2,(H2,19,21)(H,25,26)/t28-,32+,36-;/m1./s1. The molecule has 3 aliphatic heterocycles. The molecule has 0 saturated carbocycles. The summed E-state index contributed by atoms with van der Waals surface area (Å²) < 4.78 is 10.8. The first kappa shape index (κ1) is 61.0. The second kappa shape index (κ2) is 28.3. The molecule has 83 heavy (non-hydrogen) atoms. The lowest BCUT2D eigenvalue weighted by molar-refractivity contribution is -0.144. The van der Waals surface area contributed by atoms with Crippen molar-refractivity contribution in [1.82, 2.24) is 50.7 Å². The molecule has 3 aromatic carbocycles. The molecule has 3 fully saturated rings. The molecule has 0 bridgehead atoms. The minimum absolute atomic E-state index is 0.00588. The fourth-order valence-electron chi connectivity index (χ4n) is 10.1. The summed E-state index contributed by atoms with van der Waals surface area (Å²) in [5.74, 6) is -1.25. The molecule has 0 spiro atoms. The third-order valence-electron chi connectivity index (χ3n) is 14.7. The van der Waals surface area contributed by atoms with Crippen molar-refractivity contribution < 1.29 is 49.1 Å². The van der Waals surface area contributed by atoms with Crippen LogP contribution in [0, 0.1) is 12.3 Å². The first-order chi connectivity index (χ1) is 39.8. The Morgan fingerprint density at radius 1 is 0.735 bits per heavy atom. The molecule has 24 nitrogen and oxygen atoms in total. The van der Waals surface area contributed by atoms with Gasteiger partial charge in [0.1, 0.15) is 36.8 Å². The normalized spacial score (nSPS) is 17.1. The maximum Gasteiger partial charge on any atom is 0.329 e. The van der Waals surface area contributed by atoms with Gasteiger partial charge < -0.3 is 66.7 Å². The van der Waals surface area contributed by atoms with E-state index in [1.807, 2.05) is 81.7 Å². The molecule has 3 aliphatic rings. The SMILES string of the molecule is Cc1ncsc1-c1ccc(CNC(=O)[C@@H]2C[C@@H](O)CN2C(=O)[C@@H](NC(=O)COCCN2CCN(c3cc(-c4ccccc4O)nnc3N)CC2)C(C)(C)C)cc1.Nc1nnc(-c2ccccc2O)cc1N1CCN(CCOCC(=O)O)CC1. The number of carbonyl (C=O) groups excluding carboxylic acids is 3. The fraction of sp³-hybridized carbons (Fsp3) is 0.431. The number of nitrogens with one attached hydrogen (secondary N) is 2. The van der Waals surface area contributed by atoms with E-state index < -0.39 is 41.4 Å². The van der Waals surface area contributed by atoms with Gasteiger partial charge in [0, 0.05) is 96.1 Å². The number of phenolic OH excluding ortho intramolecular Hbond substituents is 2. The van der Waals surface area contributed by atoms with Gasteiger partial charge in [-0.1, -0.05) is 69.3 Å². The Morgan fingerprint density at radius 3 is 1.73 bits per heavy atom. The highest BCUT2D eigenvalue weighted by Crippen LogP contribution is 2.34. The van der Waals surface area contributed by atoms with Crippen LogP contribution in [0.25, 0.3) is 33.0 Å². The Hall–Kier alpha value is -8.07. The molecule has 3 aromatic heterocycles. The van der Waals surface area contributed by atoms with Gasteiger partial charge in [0.2, 0.25) is 17.7 Å². The van der Waals surface area contributed by atoms with E-state index in [0.29, 0.717) is 73.5 Å². The number of nitrogens with zero attached hydrogens (tertiary/aromatic N) is 10. The predicted molar refractivity (Wildman–Crippen MR) is 315 cm³/mol. The number of aliphatic hydroxyl groups is 1. The summed E-state index contributed by atoms with van der Waals surface area (Å²) in [5.41, 5.74) is 20.1. The number of aliphatic hydroxyl groups excluding tert-OH is 1. The number of aromatic nitrogens is 5. The highest BCUT2D eigenvalue weighted by molar-refractivity contribution is 7.13. The van der Waals surface area contributed by atoms with Crippen LogP contribution in [-0.2, 0) is 35.2 Å². The van der Waals surface area contributed by atoms with E-state index in [9.17, 15) is 34.5 Å². The zero-order chi connectivity index (χ0) is 59.2. The lowest BCUT2D eigenvalue weighted by atomic mass is 9.85. The minimum atomic E-state index is -0.958. The van der Waals surface area contributed by atoms with Crippen molar-refractivity contribution in [2.24, 2.45) is 5.41 Å². The minimum Gasteiger partial charge on any atom is -0.507 e. The Labute approximate surface area is 486 Å². The highest BCUT2D eigenvalue weighted by atomic mass is 32.1. The third kappa shape index (κ3) is 16.4. The van der Waals surface area contributed by atoms with Crippen molar-refractivity contribution in [2.45, 2.75) is 58.8 Å². The molecule has 442 valence electrons. The number of amides is 3. The molecule has 10 N–H and O–H groups in total. The summed E-state index contributed by atoms with van der Waals surface area (Å²) in [6.45, 7) is 15.2. The molecule has 6 aromatic rings. The number of ether oxygens (including phenoxy) is 2. The van der Waals surface area contributed by atoms with Crippen molar-refractivity contribution in [3.05, 3.63) is 102 Å². The number of hydrogen-bond acceptors (Lipinski definition) is 21. The number of carbonyl (C=O) groups is 4. The largest absolute Gasteiger partial charge is 0.507 e. The monoisotopic (exact) mass is 1160 g/mol. The van der Waals surface area contributed by atoms with Crippen LogP contribution in [0.1, 0.15) is 38.4 Å². The van der Waals surface area contributed by atoms with Gasteiger partial charge in [0.15, 0.2) is 11.6 Å².